The van der Waals surface area contributed by atoms with Crippen LogP contribution in [-0.4, -0.2) is 14.6 Å². The first-order chi connectivity index (χ1) is 12.9. The molecule has 0 amide bonds. The number of nitrogen functional groups attached to an aromatic ring is 1. The van der Waals surface area contributed by atoms with Crippen LogP contribution < -0.4 is 5.73 Å². The molecule has 0 aliphatic carbocycles. The highest BCUT2D eigenvalue weighted by atomic mass is 79.9. The van der Waals surface area contributed by atoms with Crippen molar-refractivity contribution < 1.29 is 0 Å². The fraction of sp³-hybridized carbons (Fsp3) is 0.182. The van der Waals surface area contributed by atoms with Gasteiger partial charge in [0.05, 0.1) is 4.47 Å². The Labute approximate surface area is 167 Å². The van der Waals surface area contributed by atoms with Crippen LogP contribution in [0.25, 0.3) is 28.0 Å². The average molecular weight is 421 g/mol. The van der Waals surface area contributed by atoms with E-state index in [1.165, 1.54) is 5.56 Å². The molecular formula is C22H21BrN4. The Morgan fingerprint density at radius 2 is 1.59 bits per heavy atom. The molecule has 4 aromatic rings. The minimum atomic E-state index is 0.116. The third-order valence-corrected chi connectivity index (χ3v) is 5.46. The lowest BCUT2D eigenvalue weighted by atomic mass is 9.86. The Balaban J connectivity index is 1.84. The third-order valence-electron chi connectivity index (χ3n) is 4.73. The van der Waals surface area contributed by atoms with Crippen molar-refractivity contribution in [3.8, 4) is 22.4 Å². The highest BCUT2D eigenvalue weighted by molar-refractivity contribution is 9.10. The summed E-state index contributed by atoms with van der Waals surface area (Å²) in [5, 5.41) is 4.74. The van der Waals surface area contributed by atoms with Crippen molar-refractivity contribution in [2.75, 3.05) is 5.73 Å². The molecule has 5 heteroatoms. The molecule has 2 heterocycles. The lowest BCUT2D eigenvalue weighted by Crippen LogP contribution is -2.10. The Morgan fingerprint density at radius 1 is 0.926 bits per heavy atom. The van der Waals surface area contributed by atoms with Crippen molar-refractivity contribution in [1.29, 1.82) is 0 Å². The number of aromatic nitrogens is 3. The number of fused-ring (bicyclic) bond motifs is 1. The van der Waals surface area contributed by atoms with Gasteiger partial charge in [-0.2, -0.15) is 9.61 Å². The first-order valence-corrected chi connectivity index (χ1v) is 9.64. The summed E-state index contributed by atoms with van der Waals surface area (Å²) in [6.45, 7) is 6.62. The summed E-state index contributed by atoms with van der Waals surface area (Å²) >= 11 is 3.66. The average Bonchev–Trinajstić information content (AvgIpc) is 3.00. The van der Waals surface area contributed by atoms with Crippen molar-refractivity contribution in [1.82, 2.24) is 14.6 Å². The van der Waals surface area contributed by atoms with E-state index < -0.39 is 0 Å². The second-order valence-corrected chi connectivity index (χ2v) is 8.44. The van der Waals surface area contributed by atoms with Gasteiger partial charge in [0, 0.05) is 17.3 Å². The second-order valence-electron chi connectivity index (χ2n) is 7.65. The van der Waals surface area contributed by atoms with Gasteiger partial charge in [-0.3, -0.25) is 0 Å². The molecule has 0 atom stereocenters. The molecule has 0 bridgehead atoms. The maximum atomic E-state index is 6.43. The van der Waals surface area contributed by atoms with Gasteiger partial charge in [0.25, 0.3) is 0 Å². The van der Waals surface area contributed by atoms with E-state index in [0.29, 0.717) is 11.5 Å². The molecule has 4 rings (SSSR count). The van der Waals surface area contributed by atoms with E-state index in [1.807, 2.05) is 30.3 Å². The summed E-state index contributed by atoms with van der Waals surface area (Å²) in [4.78, 5) is 4.59. The Bertz CT molecular complexity index is 1110. The summed E-state index contributed by atoms with van der Waals surface area (Å²) in [6.07, 6.45) is 1.80. The smallest absolute Gasteiger partial charge is 0.172 e. The molecule has 0 spiro atoms. The standard InChI is InChI=1S/C22H21BrN4/c1-22(2,3)16-11-9-15(10-12-16)19-18(23)21-25-13-17(20(24)27(21)26-19)14-7-5-4-6-8-14/h4-13H,24H2,1-3H3. The molecule has 0 unspecified atom stereocenters. The number of hydrogen-bond donors (Lipinski definition) is 1. The van der Waals surface area contributed by atoms with E-state index in [4.69, 9.17) is 10.8 Å². The van der Waals surface area contributed by atoms with E-state index in [0.717, 1.165) is 26.9 Å². The van der Waals surface area contributed by atoms with Crippen molar-refractivity contribution in [3.05, 3.63) is 70.8 Å². The first kappa shape index (κ1) is 17.7. The molecule has 0 saturated heterocycles. The summed E-state index contributed by atoms with van der Waals surface area (Å²) in [6, 6.07) is 18.5. The molecule has 2 N–H and O–H groups in total. The van der Waals surface area contributed by atoms with Gasteiger partial charge in [-0.05, 0) is 32.5 Å². The summed E-state index contributed by atoms with van der Waals surface area (Å²) < 4.78 is 2.55. The summed E-state index contributed by atoms with van der Waals surface area (Å²) in [7, 11) is 0. The predicted octanol–water partition coefficient (Wildman–Crippen LogP) is 5.71. The van der Waals surface area contributed by atoms with Crippen molar-refractivity contribution in [2.24, 2.45) is 0 Å². The molecule has 0 aliphatic heterocycles. The largest absolute Gasteiger partial charge is 0.383 e. The number of rotatable bonds is 2. The van der Waals surface area contributed by atoms with Gasteiger partial charge < -0.3 is 5.73 Å². The zero-order valence-corrected chi connectivity index (χ0v) is 17.2. The van der Waals surface area contributed by atoms with Gasteiger partial charge in [-0.15, -0.1) is 0 Å². The monoisotopic (exact) mass is 420 g/mol. The van der Waals surface area contributed by atoms with Crippen LogP contribution in [-0.2, 0) is 5.41 Å². The van der Waals surface area contributed by atoms with Gasteiger partial charge in [-0.25, -0.2) is 4.98 Å². The molecule has 2 aromatic heterocycles. The molecule has 4 nitrogen and oxygen atoms in total. The van der Waals surface area contributed by atoms with Crippen LogP contribution in [0.4, 0.5) is 5.82 Å². The SMILES string of the molecule is CC(C)(C)c1ccc(-c2nn3c(N)c(-c4ccccc4)cnc3c2Br)cc1. The van der Waals surface area contributed by atoms with E-state index in [2.05, 4.69) is 66.0 Å². The molecule has 0 aliphatic rings. The van der Waals surface area contributed by atoms with Gasteiger partial charge in [0.2, 0.25) is 0 Å². The van der Waals surface area contributed by atoms with Crippen LogP contribution in [0.2, 0.25) is 0 Å². The van der Waals surface area contributed by atoms with Crippen LogP contribution in [0, 0.1) is 0 Å². The maximum Gasteiger partial charge on any atom is 0.172 e. The van der Waals surface area contributed by atoms with Gasteiger partial charge >= 0.3 is 0 Å². The fourth-order valence-corrected chi connectivity index (χ4v) is 3.71. The minimum absolute atomic E-state index is 0.116. The Morgan fingerprint density at radius 3 is 2.22 bits per heavy atom. The van der Waals surface area contributed by atoms with Gasteiger partial charge in [0.15, 0.2) is 5.65 Å². The number of nitrogens with zero attached hydrogens (tertiary/aromatic N) is 3. The molecule has 0 radical (unpaired) electrons. The van der Waals surface area contributed by atoms with E-state index in [1.54, 1.807) is 10.7 Å². The van der Waals surface area contributed by atoms with E-state index in [9.17, 15) is 0 Å². The van der Waals surface area contributed by atoms with E-state index in [-0.39, 0.29) is 5.41 Å². The number of anilines is 1. The minimum Gasteiger partial charge on any atom is -0.383 e. The number of hydrogen-bond acceptors (Lipinski definition) is 3. The van der Waals surface area contributed by atoms with Crippen LogP contribution in [0.5, 0.6) is 0 Å². The maximum absolute atomic E-state index is 6.43. The lowest BCUT2D eigenvalue weighted by molar-refractivity contribution is 0.590. The van der Waals surface area contributed by atoms with Crippen molar-refractivity contribution in [2.45, 2.75) is 26.2 Å². The van der Waals surface area contributed by atoms with Crippen molar-refractivity contribution in [3.63, 3.8) is 0 Å². The molecule has 136 valence electrons. The molecule has 0 fully saturated rings. The highest BCUT2D eigenvalue weighted by Gasteiger charge is 2.18. The quantitative estimate of drug-likeness (QED) is 0.451. The molecule has 2 aromatic carbocycles. The zero-order chi connectivity index (χ0) is 19.2. The van der Waals surface area contributed by atoms with Crippen LogP contribution in [0.15, 0.2) is 65.3 Å². The summed E-state index contributed by atoms with van der Waals surface area (Å²) in [5.41, 5.74) is 12.3. The lowest BCUT2D eigenvalue weighted by Gasteiger charge is -2.18. The topological polar surface area (TPSA) is 56.2 Å². The van der Waals surface area contributed by atoms with Crippen LogP contribution in [0.3, 0.4) is 0 Å². The number of nitrogens with two attached hydrogens (primary N) is 1. The molecule has 0 saturated carbocycles. The van der Waals surface area contributed by atoms with Crippen molar-refractivity contribution >= 4 is 27.4 Å². The van der Waals surface area contributed by atoms with Gasteiger partial charge in [-0.1, -0.05) is 75.4 Å². The first-order valence-electron chi connectivity index (χ1n) is 8.85. The normalized spacial score (nSPS) is 11.9. The van der Waals surface area contributed by atoms with Crippen LogP contribution in [0.1, 0.15) is 26.3 Å². The second kappa shape index (κ2) is 6.50. The van der Waals surface area contributed by atoms with E-state index >= 15 is 0 Å². The summed E-state index contributed by atoms with van der Waals surface area (Å²) in [5.74, 6) is 0.574. The third kappa shape index (κ3) is 3.12. The fourth-order valence-electron chi connectivity index (χ4n) is 3.13. The Hall–Kier alpha value is -2.66. The predicted molar refractivity (Wildman–Crippen MR) is 115 cm³/mol. The van der Waals surface area contributed by atoms with Crippen LogP contribution >= 0.6 is 15.9 Å². The molecular weight excluding hydrogens is 400 g/mol. The highest BCUT2D eigenvalue weighted by Crippen LogP contribution is 2.34. The number of benzene rings is 2. The van der Waals surface area contributed by atoms with Gasteiger partial charge in [0.1, 0.15) is 11.5 Å². The number of halogens is 1. The zero-order valence-electron chi connectivity index (χ0n) is 15.6. The molecule has 27 heavy (non-hydrogen) atoms. The Kier molecular flexibility index (Phi) is 4.27.